The smallest absolute Gasteiger partial charge is 0.0593 e. The number of benzene rings is 1. The molecule has 2 heterocycles. The Morgan fingerprint density at radius 2 is 1.82 bits per heavy atom. The highest BCUT2D eigenvalue weighted by Gasteiger charge is 2.41. The summed E-state index contributed by atoms with van der Waals surface area (Å²) in [5, 5.41) is 0. The Morgan fingerprint density at radius 1 is 1.14 bits per heavy atom. The predicted molar refractivity (Wildman–Crippen MR) is 90.9 cm³/mol. The van der Waals surface area contributed by atoms with Crippen LogP contribution in [0.3, 0.4) is 0 Å². The average Bonchev–Trinajstić information content (AvgIpc) is 2.77. The lowest BCUT2D eigenvalue weighted by Gasteiger charge is -2.42. The van der Waals surface area contributed by atoms with Gasteiger partial charge in [-0.15, -0.1) is 0 Å². The van der Waals surface area contributed by atoms with Crippen molar-refractivity contribution in [2.24, 2.45) is 0 Å². The first kappa shape index (κ1) is 16.0. The van der Waals surface area contributed by atoms with E-state index in [1.54, 1.807) is 0 Å². The third-order valence-corrected chi connectivity index (χ3v) is 5.48. The van der Waals surface area contributed by atoms with Crippen LogP contribution in [0, 0.1) is 0 Å². The van der Waals surface area contributed by atoms with Crippen molar-refractivity contribution in [2.45, 2.75) is 57.3 Å². The average molecular weight is 302 g/mol. The zero-order valence-corrected chi connectivity index (χ0v) is 14.1. The molecule has 2 aliphatic heterocycles. The van der Waals surface area contributed by atoms with Crippen LogP contribution in [0.25, 0.3) is 0 Å². The molecule has 2 fully saturated rings. The number of piperidine rings is 1. The summed E-state index contributed by atoms with van der Waals surface area (Å²) in [7, 11) is 2.27. The minimum atomic E-state index is 0.741. The van der Waals surface area contributed by atoms with E-state index >= 15 is 0 Å². The molecule has 0 spiro atoms. The van der Waals surface area contributed by atoms with E-state index in [0.29, 0.717) is 0 Å². The van der Waals surface area contributed by atoms with Crippen LogP contribution in [0.15, 0.2) is 30.3 Å². The van der Waals surface area contributed by atoms with Gasteiger partial charge >= 0.3 is 0 Å². The van der Waals surface area contributed by atoms with Crippen LogP contribution in [0.1, 0.15) is 38.2 Å². The predicted octanol–water partition coefficient (Wildman–Crippen LogP) is 3.15. The van der Waals surface area contributed by atoms with Crippen molar-refractivity contribution in [1.29, 1.82) is 0 Å². The largest absolute Gasteiger partial charge is 0.380 e. The molecule has 2 aliphatic rings. The van der Waals surface area contributed by atoms with Crippen LogP contribution in [-0.4, -0.2) is 54.7 Å². The number of ether oxygens (including phenoxy) is 1. The van der Waals surface area contributed by atoms with Crippen molar-refractivity contribution in [3.63, 3.8) is 0 Å². The molecule has 1 aromatic carbocycles. The number of nitrogens with zero attached hydrogens (tertiary/aromatic N) is 2. The van der Waals surface area contributed by atoms with E-state index in [1.165, 1.54) is 31.2 Å². The molecule has 0 unspecified atom stereocenters. The van der Waals surface area contributed by atoms with E-state index in [4.69, 9.17) is 4.74 Å². The van der Waals surface area contributed by atoms with Gasteiger partial charge in [-0.2, -0.15) is 0 Å². The van der Waals surface area contributed by atoms with Gasteiger partial charge in [0.2, 0.25) is 0 Å². The van der Waals surface area contributed by atoms with Crippen LogP contribution in [-0.2, 0) is 11.3 Å². The fraction of sp³-hybridized carbons (Fsp3) is 0.684. The summed E-state index contributed by atoms with van der Waals surface area (Å²) in [6.45, 7) is 5.96. The van der Waals surface area contributed by atoms with Crippen molar-refractivity contribution in [2.75, 3.05) is 26.8 Å². The van der Waals surface area contributed by atoms with Crippen LogP contribution in [0.4, 0.5) is 0 Å². The molecule has 3 nitrogen and oxygen atoms in total. The maximum Gasteiger partial charge on any atom is 0.0593 e. The van der Waals surface area contributed by atoms with Gasteiger partial charge in [0, 0.05) is 37.8 Å². The van der Waals surface area contributed by atoms with Gasteiger partial charge in [-0.05, 0) is 45.2 Å². The Balaban J connectivity index is 1.55. The molecule has 22 heavy (non-hydrogen) atoms. The zero-order chi connectivity index (χ0) is 15.4. The van der Waals surface area contributed by atoms with Crippen LogP contribution in [0.5, 0.6) is 0 Å². The molecule has 2 saturated heterocycles. The Morgan fingerprint density at radius 3 is 2.45 bits per heavy atom. The van der Waals surface area contributed by atoms with Crippen molar-refractivity contribution >= 4 is 0 Å². The summed E-state index contributed by atoms with van der Waals surface area (Å²) < 4.78 is 5.51. The van der Waals surface area contributed by atoms with E-state index in [1.807, 2.05) is 0 Å². The summed E-state index contributed by atoms with van der Waals surface area (Å²) in [5.41, 5.74) is 1.46. The van der Waals surface area contributed by atoms with Crippen molar-refractivity contribution < 1.29 is 4.74 Å². The highest BCUT2D eigenvalue weighted by Crippen LogP contribution is 2.38. The zero-order valence-electron chi connectivity index (χ0n) is 14.1. The van der Waals surface area contributed by atoms with Crippen LogP contribution >= 0.6 is 0 Å². The summed E-state index contributed by atoms with van der Waals surface area (Å²) in [4.78, 5) is 5.29. The maximum atomic E-state index is 5.51. The summed E-state index contributed by atoms with van der Waals surface area (Å²) >= 11 is 0. The summed E-state index contributed by atoms with van der Waals surface area (Å²) in [5.74, 6) is 0. The first-order chi connectivity index (χ1) is 10.8. The van der Waals surface area contributed by atoms with Crippen molar-refractivity contribution in [3.05, 3.63) is 35.9 Å². The Labute approximate surface area is 135 Å². The first-order valence-electron chi connectivity index (χ1n) is 8.85. The molecule has 122 valence electrons. The normalized spacial score (nSPS) is 28.4. The highest BCUT2D eigenvalue weighted by molar-refractivity contribution is 5.15. The monoisotopic (exact) mass is 302 g/mol. The lowest BCUT2D eigenvalue weighted by Crippen LogP contribution is -2.49. The van der Waals surface area contributed by atoms with Crippen molar-refractivity contribution in [3.8, 4) is 0 Å². The molecule has 2 bridgehead atoms. The molecule has 0 saturated carbocycles. The number of hydrogen-bond donors (Lipinski definition) is 0. The Bertz CT molecular complexity index is 436. The molecule has 0 amide bonds. The fourth-order valence-electron chi connectivity index (χ4n) is 4.19. The maximum absolute atomic E-state index is 5.51. The Kier molecular flexibility index (Phi) is 5.51. The van der Waals surface area contributed by atoms with Crippen LogP contribution in [0.2, 0.25) is 0 Å². The third-order valence-electron chi connectivity index (χ3n) is 5.48. The number of fused-ring (bicyclic) bond motifs is 2. The van der Waals surface area contributed by atoms with Gasteiger partial charge in [0.1, 0.15) is 0 Å². The van der Waals surface area contributed by atoms with Gasteiger partial charge in [-0.25, -0.2) is 0 Å². The molecule has 0 radical (unpaired) electrons. The second-order valence-corrected chi connectivity index (χ2v) is 6.85. The van der Waals surface area contributed by atoms with E-state index in [9.17, 15) is 0 Å². The third kappa shape index (κ3) is 3.70. The quantitative estimate of drug-likeness (QED) is 0.720. The molecule has 3 rings (SSSR count). The second-order valence-electron chi connectivity index (χ2n) is 6.85. The lowest BCUT2D eigenvalue weighted by atomic mass is 9.95. The lowest BCUT2D eigenvalue weighted by molar-refractivity contribution is 0.0472. The molecule has 1 aromatic rings. The summed E-state index contributed by atoms with van der Waals surface area (Å²) in [6.07, 6.45) is 5.42. The molecule has 0 aliphatic carbocycles. The number of rotatable bonds is 7. The van der Waals surface area contributed by atoms with E-state index in [2.05, 4.69) is 54.1 Å². The van der Waals surface area contributed by atoms with Gasteiger partial charge in [-0.1, -0.05) is 30.3 Å². The first-order valence-corrected chi connectivity index (χ1v) is 8.85. The molecule has 0 aromatic heterocycles. The molecular formula is C19H30N2O. The topological polar surface area (TPSA) is 15.7 Å². The van der Waals surface area contributed by atoms with E-state index in [0.717, 1.165) is 44.4 Å². The standard InChI is InChI=1S/C19H30N2O/c1-3-22-12-11-20(2)19-13-17-9-10-18(14-19)21(17)15-16-7-5-4-6-8-16/h4-8,17-19H,3,9-15H2,1-2H3/t17-,18-/m0/s1. The van der Waals surface area contributed by atoms with Gasteiger partial charge in [0.25, 0.3) is 0 Å². The molecule has 3 heteroatoms. The SMILES string of the molecule is CCOCCN(C)C1C[C@@H]2CC[C@@H](C1)N2Cc1ccccc1. The van der Waals surface area contributed by atoms with Gasteiger partial charge < -0.3 is 9.64 Å². The minimum absolute atomic E-state index is 0.741. The van der Waals surface area contributed by atoms with Gasteiger partial charge in [0.15, 0.2) is 0 Å². The number of likely N-dealkylation sites (N-methyl/N-ethyl adjacent to an activating group) is 1. The minimum Gasteiger partial charge on any atom is -0.380 e. The van der Waals surface area contributed by atoms with Crippen molar-refractivity contribution in [1.82, 2.24) is 9.80 Å². The van der Waals surface area contributed by atoms with E-state index in [-0.39, 0.29) is 0 Å². The number of hydrogen-bond acceptors (Lipinski definition) is 3. The van der Waals surface area contributed by atoms with E-state index < -0.39 is 0 Å². The van der Waals surface area contributed by atoms with Gasteiger partial charge in [0.05, 0.1) is 6.61 Å². The molecular weight excluding hydrogens is 272 g/mol. The highest BCUT2D eigenvalue weighted by atomic mass is 16.5. The second kappa shape index (κ2) is 7.58. The van der Waals surface area contributed by atoms with Gasteiger partial charge in [-0.3, -0.25) is 4.90 Å². The fourth-order valence-corrected chi connectivity index (χ4v) is 4.19. The Hall–Kier alpha value is -0.900. The molecule has 0 N–H and O–H groups in total. The summed E-state index contributed by atoms with van der Waals surface area (Å²) in [6, 6.07) is 13.2. The molecule has 2 atom stereocenters. The van der Waals surface area contributed by atoms with Crippen LogP contribution < -0.4 is 0 Å².